The van der Waals surface area contributed by atoms with Crippen molar-refractivity contribution in [1.82, 2.24) is 14.9 Å². The molecule has 1 aromatic rings. The number of anilines is 3. The molecule has 0 spiro atoms. The Morgan fingerprint density at radius 2 is 1.65 bits per heavy atom. The Morgan fingerprint density at radius 3 is 2.22 bits per heavy atom. The van der Waals surface area contributed by atoms with E-state index in [0.717, 1.165) is 49.1 Å². The van der Waals surface area contributed by atoms with Crippen LogP contribution < -0.4 is 16.4 Å². The van der Waals surface area contributed by atoms with Gasteiger partial charge in [-0.1, -0.05) is 20.8 Å². The fourth-order valence-corrected chi connectivity index (χ4v) is 3.91. The second-order valence-corrected chi connectivity index (χ2v) is 8.48. The summed E-state index contributed by atoms with van der Waals surface area (Å²) in [6.07, 6.45) is 1.96. The predicted octanol–water partition coefficient (Wildman–Crippen LogP) is 1.62. The molecule has 0 radical (unpaired) electrons. The monoisotopic (exact) mass is 318 g/mol. The molecule has 3 heterocycles. The van der Waals surface area contributed by atoms with Gasteiger partial charge in [-0.2, -0.15) is 9.97 Å². The molecule has 3 rings (SSSR count). The molecular weight excluding hydrogens is 288 g/mol. The second kappa shape index (κ2) is 5.82. The Bertz CT molecular complexity index is 565. The highest BCUT2D eigenvalue weighted by molar-refractivity contribution is 5.60. The van der Waals surface area contributed by atoms with E-state index in [-0.39, 0.29) is 11.4 Å². The minimum Gasteiger partial charge on any atom is -0.383 e. The van der Waals surface area contributed by atoms with E-state index in [1.165, 1.54) is 13.1 Å². The third kappa shape index (κ3) is 3.52. The van der Waals surface area contributed by atoms with Crippen LogP contribution in [0.1, 0.15) is 32.8 Å². The Hall–Kier alpha value is -1.56. The summed E-state index contributed by atoms with van der Waals surface area (Å²) in [5.41, 5.74) is 13.4. The molecule has 0 amide bonds. The third-order valence-corrected chi connectivity index (χ3v) is 5.13. The van der Waals surface area contributed by atoms with E-state index in [2.05, 4.69) is 47.6 Å². The molecule has 2 fully saturated rings. The number of nitrogens with zero attached hydrogens (tertiary/aromatic N) is 4. The highest BCUT2D eigenvalue weighted by Crippen LogP contribution is 2.36. The minimum absolute atomic E-state index is 0.259. The standard InChI is InChI=1S/C17H30N6/c1-17(2,3)6-5-13-14(18)20-16(19)21-15(13)23-9-11-7-22(4)8-12(11)10-23/h11-12H,5-10H2,1-4H3,(H4,18,19,20,21). The van der Waals surface area contributed by atoms with Crippen LogP contribution in [-0.2, 0) is 6.42 Å². The molecule has 1 aromatic heterocycles. The topological polar surface area (TPSA) is 84.3 Å². The number of rotatable bonds is 3. The van der Waals surface area contributed by atoms with Crippen molar-refractivity contribution >= 4 is 17.6 Å². The van der Waals surface area contributed by atoms with Crippen molar-refractivity contribution in [3.05, 3.63) is 5.56 Å². The van der Waals surface area contributed by atoms with Gasteiger partial charge in [0, 0.05) is 31.7 Å². The summed E-state index contributed by atoms with van der Waals surface area (Å²) >= 11 is 0. The first-order chi connectivity index (χ1) is 10.7. The van der Waals surface area contributed by atoms with E-state index in [0.29, 0.717) is 5.82 Å². The summed E-state index contributed by atoms with van der Waals surface area (Å²) < 4.78 is 0. The van der Waals surface area contributed by atoms with Crippen LogP contribution in [0.5, 0.6) is 0 Å². The summed E-state index contributed by atoms with van der Waals surface area (Å²) in [4.78, 5) is 13.6. The molecule has 0 bridgehead atoms. The van der Waals surface area contributed by atoms with Gasteiger partial charge in [-0.3, -0.25) is 0 Å². The summed E-state index contributed by atoms with van der Waals surface area (Å²) in [5.74, 6) is 3.26. The number of aromatic nitrogens is 2. The number of fused-ring (bicyclic) bond motifs is 1. The lowest BCUT2D eigenvalue weighted by molar-refractivity contribution is 0.377. The quantitative estimate of drug-likeness (QED) is 0.881. The molecule has 23 heavy (non-hydrogen) atoms. The Balaban J connectivity index is 1.84. The van der Waals surface area contributed by atoms with Crippen molar-refractivity contribution in [1.29, 1.82) is 0 Å². The van der Waals surface area contributed by atoms with Crippen molar-refractivity contribution in [2.24, 2.45) is 17.3 Å². The van der Waals surface area contributed by atoms with Gasteiger partial charge in [0.05, 0.1) is 0 Å². The highest BCUT2D eigenvalue weighted by atomic mass is 15.3. The van der Waals surface area contributed by atoms with Crippen LogP contribution in [0.4, 0.5) is 17.6 Å². The third-order valence-electron chi connectivity index (χ3n) is 5.13. The zero-order valence-electron chi connectivity index (χ0n) is 14.8. The van der Waals surface area contributed by atoms with E-state index in [9.17, 15) is 0 Å². The molecule has 2 atom stereocenters. The van der Waals surface area contributed by atoms with Gasteiger partial charge in [0.2, 0.25) is 5.95 Å². The SMILES string of the molecule is CN1CC2CN(c3nc(N)nc(N)c3CCC(C)(C)C)CC2C1. The minimum atomic E-state index is 0.259. The summed E-state index contributed by atoms with van der Waals surface area (Å²) in [6, 6.07) is 0. The highest BCUT2D eigenvalue weighted by Gasteiger charge is 2.40. The maximum atomic E-state index is 6.19. The normalized spacial score (nSPS) is 25.1. The van der Waals surface area contributed by atoms with Gasteiger partial charge in [0.25, 0.3) is 0 Å². The number of hydrogen-bond donors (Lipinski definition) is 2. The van der Waals surface area contributed by atoms with Gasteiger partial charge in [-0.25, -0.2) is 0 Å². The fourth-order valence-electron chi connectivity index (χ4n) is 3.91. The molecule has 2 aliphatic heterocycles. The second-order valence-electron chi connectivity index (χ2n) is 8.48. The smallest absolute Gasteiger partial charge is 0.223 e. The fraction of sp³-hybridized carbons (Fsp3) is 0.765. The van der Waals surface area contributed by atoms with Crippen LogP contribution >= 0.6 is 0 Å². The zero-order chi connectivity index (χ0) is 16.8. The van der Waals surface area contributed by atoms with Crippen LogP contribution in [0.3, 0.4) is 0 Å². The van der Waals surface area contributed by atoms with Gasteiger partial charge in [-0.05, 0) is 37.1 Å². The van der Waals surface area contributed by atoms with Crippen LogP contribution in [0.15, 0.2) is 0 Å². The maximum absolute atomic E-state index is 6.19. The largest absolute Gasteiger partial charge is 0.383 e. The lowest BCUT2D eigenvalue weighted by Crippen LogP contribution is -2.29. The molecule has 128 valence electrons. The molecule has 0 aromatic carbocycles. The maximum Gasteiger partial charge on any atom is 0.223 e. The Morgan fingerprint density at radius 1 is 1.04 bits per heavy atom. The van der Waals surface area contributed by atoms with Gasteiger partial charge in [0.1, 0.15) is 11.6 Å². The van der Waals surface area contributed by atoms with Crippen LogP contribution in [0.25, 0.3) is 0 Å². The molecule has 0 saturated carbocycles. The van der Waals surface area contributed by atoms with Crippen molar-refractivity contribution in [3.63, 3.8) is 0 Å². The first kappa shape index (κ1) is 16.3. The summed E-state index contributed by atoms with van der Waals surface area (Å²) in [6.45, 7) is 11.2. The summed E-state index contributed by atoms with van der Waals surface area (Å²) in [5, 5.41) is 0. The Labute approximate surface area is 139 Å². The van der Waals surface area contributed by atoms with Crippen molar-refractivity contribution in [3.8, 4) is 0 Å². The lowest BCUT2D eigenvalue weighted by Gasteiger charge is -2.25. The van der Waals surface area contributed by atoms with Crippen LogP contribution in [0.2, 0.25) is 0 Å². The van der Waals surface area contributed by atoms with Gasteiger partial charge >= 0.3 is 0 Å². The molecule has 2 aliphatic rings. The van der Waals surface area contributed by atoms with E-state index in [1.807, 2.05) is 0 Å². The number of nitrogen functional groups attached to an aromatic ring is 2. The number of likely N-dealkylation sites (tertiary alicyclic amines) is 1. The Kier molecular flexibility index (Phi) is 4.12. The average Bonchev–Trinajstić information content (AvgIpc) is 2.92. The molecule has 6 nitrogen and oxygen atoms in total. The van der Waals surface area contributed by atoms with E-state index in [4.69, 9.17) is 11.5 Å². The molecular formula is C17H30N6. The van der Waals surface area contributed by atoms with Gasteiger partial charge < -0.3 is 21.3 Å². The first-order valence-electron chi connectivity index (χ1n) is 8.58. The summed E-state index contributed by atoms with van der Waals surface area (Å²) in [7, 11) is 2.21. The van der Waals surface area contributed by atoms with Crippen molar-refractivity contribution < 1.29 is 0 Å². The van der Waals surface area contributed by atoms with Crippen molar-refractivity contribution in [2.75, 3.05) is 49.6 Å². The van der Waals surface area contributed by atoms with E-state index < -0.39 is 0 Å². The van der Waals surface area contributed by atoms with Gasteiger partial charge in [-0.15, -0.1) is 0 Å². The van der Waals surface area contributed by atoms with Crippen LogP contribution in [-0.4, -0.2) is 48.1 Å². The average molecular weight is 318 g/mol. The molecule has 0 aliphatic carbocycles. The first-order valence-corrected chi connectivity index (χ1v) is 8.58. The van der Waals surface area contributed by atoms with E-state index in [1.54, 1.807) is 0 Å². The molecule has 2 unspecified atom stereocenters. The number of hydrogen-bond acceptors (Lipinski definition) is 6. The number of nitrogens with two attached hydrogens (primary N) is 2. The van der Waals surface area contributed by atoms with Gasteiger partial charge in [0.15, 0.2) is 0 Å². The van der Waals surface area contributed by atoms with Crippen LogP contribution in [0, 0.1) is 17.3 Å². The van der Waals surface area contributed by atoms with E-state index >= 15 is 0 Å². The molecule has 4 N–H and O–H groups in total. The zero-order valence-corrected chi connectivity index (χ0v) is 14.8. The van der Waals surface area contributed by atoms with Crippen molar-refractivity contribution in [2.45, 2.75) is 33.6 Å². The predicted molar refractivity (Wildman–Crippen MR) is 95.3 cm³/mol. The lowest BCUT2D eigenvalue weighted by atomic mass is 9.89. The molecule has 2 saturated heterocycles. The molecule has 6 heteroatoms.